The quantitative estimate of drug-likeness (QED) is 0.511. The molecule has 0 N–H and O–H groups in total. The van der Waals surface area contributed by atoms with Crippen molar-refractivity contribution in [1.29, 1.82) is 0 Å². The first-order valence-electron chi connectivity index (χ1n) is 9.40. The molecule has 1 aliphatic rings. The van der Waals surface area contributed by atoms with Crippen molar-refractivity contribution in [3.8, 4) is 5.19 Å². The number of carbonyl (C=O) groups excluding carboxylic acids is 1. The summed E-state index contributed by atoms with van der Waals surface area (Å²) < 4.78 is 20.5. The number of likely N-dealkylation sites (tertiary alicyclic amines) is 1. The Hall–Kier alpha value is -3.13. The zero-order valence-corrected chi connectivity index (χ0v) is 16.2. The lowest BCUT2D eigenvalue weighted by Gasteiger charge is -2.31. The van der Waals surface area contributed by atoms with Crippen molar-refractivity contribution in [3.63, 3.8) is 0 Å². The molecule has 0 saturated carbocycles. The van der Waals surface area contributed by atoms with Crippen LogP contribution in [0, 0.1) is 5.82 Å². The summed E-state index contributed by atoms with van der Waals surface area (Å²) in [5, 5.41) is 0.468. The first-order valence-corrected chi connectivity index (χ1v) is 10.2. The van der Waals surface area contributed by atoms with Gasteiger partial charge in [-0.05, 0) is 24.3 Å². The molecule has 0 atom stereocenters. The average Bonchev–Trinajstić information content (AvgIpc) is 3.17. The molecule has 0 aliphatic carbocycles. The molecule has 2 aromatic heterocycles. The molecule has 8 heteroatoms. The number of aromatic nitrogens is 3. The maximum atomic E-state index is 13.8. The minimum atomic E-state index is -0.342. The van der Waals surface area contributed by atoms with Crippen molar-refractivity contribution < 1.29 is 13.9 Å². The van der Waals surface area contributed by atoms with Crippen LogP contribution in [0.25, 0.3) is 21.3 Å². The van der Waals surface area contributed by atoms with Crippen molar-refractivity contribution in [2.75, 3.05) is 13.1 Å². The number of ether oxygens (including phenoxy) is 1. The van der Waals surface area contributed by atoms with E-state index in [1.807, 2.05) is 30.3 Å². The van der Waals surface area contributed by atoms with Crippen LogP contribution in [0.5, 0.6) is 5.19 Å². The topological polar surface area (TPSA) is 68.2 Å². The lowest BCUT2D eigenvalue weighted by Crippen LogP contribution is -2.42. The number of hydrogen-bond acceptors (Lipinski definition) is 6. The number of piperidine rings is 1. The molecular formula is C21H17FN4O2S. The van der Waals surface area contributed by atoms with Crippen LogP contribution in [-0.2, 0) is 0 Å². The summed E-state index contributed by atoms with van der Waals surface area (Å²) in [6.45, 7) is 1.13. The molecule has 0 radical (unpaired) electrons. The molecule has 4 aromatic rings. The van der Waals surface area contributed by atoms with Gasteiger partial charge in [-0.1, -0.05) is 29.5 Å². The van der Waals surface area contributed by atoms with E-state index in [4.69, 9.17) is 4.74 Å². The Morgan fingerprint density at radius 2 is 1.86 bits per heavy atom. The fourth-order valence-corrected chi connectivity index (χ4v) is 4.38. The van der Waals surface area contributed by atoms with Gasteiger partial charge in [0.25, 0.3) is 11.1 Å². The van der Waals surface area contributed by atoms with Gasteiger partial charge < -0.3 is 9.64 Å². The Morgan fingerprint density at radius 3 is 2.66 bits per heavy atom. The van der Waals surface area contributed by atoms with Gasteiger partial charge in [0.05, 0.1) is 21.9 Å². The van der Waals surface area contributed by atoms with Crippen molar-refractivity contribution in [3.05, 3.63) is 60.2 Å². The van der Waals surface area contributed by atoms with Crippen LogP contribution < -0.4 is 4.74 Å². The highest BCUT2D eigenvalue weighted by atomic mass is 32.1. The SMILES string of the molecule is O=C(c1cnc2ccccc2n1)N1CCC(Oc2nc3c(F)cccc3s2)CC1. The molecule has 146 valence electrons. The summed E-state index contributed by atoms with van der Waals surface area (Å²) in [7, 11) is 0. The summed E-state index contributed by atoms with van der Waals surface area (Å²) in [5.41, 5.74) is 2.17. The predicted molar refractivity (Wildman–Crippen MR) is 109 cm³/mol. The Bertz CT molecular complexity index is 1200. The van der Waals surface area contributed by atoms with E-state index in [1.165, 1.54) is 23.6 Å². The minimum absolute atomic E-state index is 0.0506. The van der Waals surface area contributed by atoms with Gasteiger partial charge in [0.15, 0.2) is 0 Å². The van der Waals surface area contributed by atoms with Crippen molar-refractivity contribution >= 4 is 38.5 Å². The van der Waals surface area contributed by atoms with Gasteiger partial charge >= 0.3 is 0 Å². The molecule has 5 rings (SSSR count). The summed E-state index contributed by atoms with van der Waals surface area (Å²) in [5.74, 6) is -0.464. The molecule has 1 aliphatic heterocycles. The van der Waals surface area contributed by atoms with E-state index in [9.17, 15) is 9.18 Å². The molecule has 0 unspecified atom stereocenters. The summed E-state index contributed by atoms with van der Waals surface area (Å²) >= 11 is 1.34. The molecule has 1 amide bonds. The fraction of sp³-hybridized carbons (Fsp3) is 0.238. The van der Waals surface area contributed by atoms with Gasteiger partial charge in [0.1, 0.15) is 23.1 Å². The Morgan fingerprint density at radius 1 is 1.07 bits per heavy atom. The Balaban J connectivity index is 1.24. The zero-order valence-electron chi connectivity index (χ0n) is 15.4. The maximum absolute atomic E-state index is 13.8. The van der Waals surface area contributed by atoms with Crippen LogP contribution >= 0.6 is 11.3 Å². The van der Waals surface area contributed by atoms with Crippen LogP contribution in [-0.4, -0.2) is 45.0 Å². The fourth-order valence-electron chi connectivity index (χ4n) is 3.49. The molecule has 0 bridgehead atoms. The van der Waals surface area contributed by atoms with Crippen molar-refractivity contribution in [1.82, 2.24) is 19.9 Å². The number of rotatable bonds is 3. The van der Waals surface area contributed by atoms with E-state index in [0.717, 1.165) is 10.2 Å². The number of thiazole rings is 1. The largest absolute Gasteiger partial charge is 0.467 e. The molecule has 1 fully saturated rings. The van der Waals surface area contributed by atoms with Crippen LogP contribution in [0.4, 0.5) is 4.39 Å². The number of nitrogens with zero attached hydrogens (tertiary/aromatic N) is 4. The summed E-state index contributed by atoms with van der Waals surface area (Å²) in [6.07, 6.45) is 2.85. The predicted octanol–water partition coefficient (Wildman–Crippen LogP) is 4.06. The second-order valence-electron chi connectivity index (χ2n) is 6.92. The van der Waals surface area contributed by atoms with Crippen LogP contribution in [0.15, 0.2) is 48.7 Å². The van der Waals surface area contributed by atoms with E-state index in [0.29, 0.717) is 47.9 Å². The number of hydrogen-bond donors (Lipinski definition) is 0. The highest BCUT2D eigenvalue weighted by molar-refractivity contribution is 7.20. The van der Waals surface area contributed by atoms with Gasteiger partial charge in [0, 0.05) is 25.9 Å². The van der Waals surface area contributed by atoms with E-state index < -0.39 is 0 Å². The third kappa shape index (κ3) is 3.51. The van der Waals surface area contributed by atoms with Crippen molar-refractivity contribution in [2.24, 2.45) is 0 Å². The van der Waals surface area contributed by atoms with E-state index in [2.05, 4.69) is 15.0 Å². The summed E-state index contributed by atoms with van der Waals surface area (Å²) in [4.78, 5) is 27.6. The van der Waals surface area contributed by atoms with Crippen LogP contribution in [0.2, 0.25) is 0 Å². The van der Waals surface area contributed by atoms with E-state index >= 15 is 0 Å². The standard InChI is InChI=1S/C21H17FN4O2S/c22-14-4-3-7-18-19(14)25-21(29-18)28-13-8-10-26(11-9-13)20(27)17-12-23-15-5-1-2-6-16(15)24-17/h1-7,12-13H,8-11H2. The Kier molecular flexibility index (Phi) is 4.55. The monoisotopic (exact) mass is 408 g/mol. The lowest BCUT2D eigenvalue weighted by molar-refractivity contribution is 0.0590. The molecular weight excluding hydrogens is 391 g/mol. The van der Waals surface area contributed by atoms with Gasteiger partial charge in [-0.25, -0.2) is 9.37 Å². The number of fused-ring (bicyclic) bond motifs is 2. The first kappa shape index (κ1) is 17.9. The van der Waals surface area contributed by atoms with Crippen molar-refractivity contribution in [2.45, 2.75) is 18.9 Å². The number of benzene rings is 2. The molecule has 6 nitrogen and oxygen atoms in total. The molecule has 2 aromatic carbocycles. The van der Waals surface area contributed by atoms with Crippen LogP contribution in [0.3, 0.4) is 0 Å². The average molecular weight is 408 g/mol. The number of para-hydroxylation sites is 3. The second-order valence-corrected chi connectivity index (χ2v) is 7.91. The molecule has 29 heavy (non-hydrogen) atoms. The molecule has 0 spiro atoms. The first-order chi connectivity index (χ1) is 14.2. The van der Waals surface area contributed by atoms with Gasteiger partial charge in [-0.3, -0.25) is 9.78 Å². The number of amides is 1. The smallest absolute Gasteiger partial charge is 0.274 e. The highest BCUT2D eigenvalue weighted by Crippen LogP contribution is 2.31. The lowest BCUT2D eigenvalue weighted by atomic mass is 10.1. The third-order valence-corrected chi connectivity index (χ3v) is 5.93. The minimum Gasteiger partial charge on any atom is -0.467 e. The molecule has 1 saturated heterocycles. The molecule has 3 heterocycles. The van der Waals surface area contributed by atoms with E-state index in [1.54, 1.807) is 11.0 Å². The normalized spacial score (nSPS) is 15.1. The Labute approximate surface area is 170 Å². The van der Waals surface area contributed by atoms with E-state index in [-0.39, 0.29) is 17.8 Å². The number of carbonyl (C=O) groups is 1. The van der Waals surface area contributed by atoms with Crippen LogP contribution in [0.1, 0.15) is 23.3 Å². The highest BCUT2D eigenvalue weighted by Gasteiger charge is 2.26. The maximum Gasteiger partial charge on any atom is 0.274 e. The van der Waals surface area contributed by atoms with Gasteiger partial charge in [-0.2, -0.15) is 4.98 Å². The number of halogens is 1. The summed E-state index contributed by atoms with van der Waals surface area (Å²) in [6, 6.07) is 12.4. The van der Waals surface area contributed by atoms with Gasteiger partial charge in [-0.15, -0.1) is 0 Å². The van der Waals surface area contributed by atoms with Gasteiger partial charge in [0.2, 0.25) is 0 Å². The second kappa shape index (κ2) is 7.36. The zero-order chi connectivity index (χ0) is 19.8. The third-order valence-electron chi connectivity index (χ3n) is 5.01.